The van der Waals surface area contributed by atoms with Crippen molar-refractivity contribution < 1.29 is 9.53 Å². The molecule has 0 aromatic heterocycles. The summed E-state index contributed by atoms with van der Waals surface area (Å²) >= 11 is 0. The molecular weight excluding hydrogens is 266 g/mol. The van der Waals surface area contributed by atoms with Crippen molar-refractivity contribution in [2.24, 2.45) is 5.92 Å². The molecule has 0 atom stereocenters. The first kappa shape index (κ1) is 15.8. The van der Waals surface area contributed by atoms with Gasteiger partial charge in [-0.05, 0) is 57.6 Å². The van der Waals surface area contributed by atoms with Gasteiger partial charge in [0.05, 0.1) is 19.3 Å². The predicted octanol–water partition coefficient (Wildman–Crippen LogP) is 1.57. The lowest BCUT2D eigenvalue weighted by atomic mass is 9.97. The molecule has 21 heavy (non-hydrogen) atoms. The van der Waals surface area contributed by atoms with Crippen molar-refractivity contribution in [2.45, 2.75) is 12.8 Å². The highest BCUT2D eigenvalue weighted by Gasteiger charge is 2.20. The van der Waals surface area contributed by atoms with Crippen molar-refractivity contribution in [1.29, 1.82) is 0 Å². The number of nitrogens with zero attached hydrogens (tertiary/aromatic N) is 1. The molecule has 0 unspecified atom stereocenters. The van der Waals surface area contributed by atoms with E-state index in [1.165, 1.54) is 0 Å². The van der Waals surface area contributed by atoms with Crippen molar-refractivity contribution in [1.82, 2.24) is 10.2 Å². The molecule has 1 fully saturated rings. The number of carbonyl (C=O) groups excluding carboxylic acids is 1. The zero-order valence-electron chi connectivity index (χ0n) is 12.9. The fraction of sp³-hybridized carbons (Fsp3) is 0.562. The van der Waals surface area contributed by atoms with Gasteiger partial charge in [0.15, 0.2) is 0 Å². The van der Waals surface area contributed by atoms with Gasteiger partial charge in [0, 0.05) is 0 Å². The summed E-state index contributed by atoms with van der Waals surface area (Å²) in [6.45, 7) is 3.50. The van der Waals surface area contributed by atoms with E-state index >= 15 is 0 Å². The molecule has 2 N–H and O–H groups in total. The van der Waals surface area contributed by atoms with Crippen LogP contribution in [0, 0.1) is 5.92 Å². The van der Waals surface area contributed by atoms with Crippen molar-refractivity contribution in [3.63, 3.8) is 0 Å². The summed E-state index contributed by atoms with van der Waals surface area (Å²) in [4.78, 5) is 14.4. The Bertz CT molecular complexity index is 457. The fourth-order valence-electron chi connectivity index (χ4n) is 2.78. The molecular formula is C16H25N3O2. The van der Waals surface area contributed by atoms with E-state index in [-0.39, 0.29) is 5.91 Å². The van der Waals surface area contributed by atoms with E-state index in [1.807, 2.05) is 31.3 Å². The minimum Gasteiger partial charge on any atom is -0.495 e. The number of anilines is 1. The van der Waals surface area contributed by atoms with Crippen LogP contribution in [0.4, 0.5) is 5.69 Å². The van der Waals surface area contributed by atoms with Crippen LogP contribution in [-0.2, 0) is 4.79 Å². The van der Waals surface area contributed by atoms with E-state index in [2.05, 4.69) is 15.5 Å². The maximum atomic E-state index is 12.1. The molecule has 1 aromatic rings. The van der Waals surface area contributed by atoms with Crippen LogP contribution in [0.3, 0.4) is 0 Å². The third kappa shape index (κ3) is 4.72. The number of benzene rings is 1. The lowest BCUT2D eigenvalue weighted by Gasteiger charge is -2.31. The monoisotopic (exact) mass is 291 g/mol. The molecule has 1 heterocycles. The molecule has 5 nitrogen and oxygen atoms in total. The Kier molecular flexibility index (Phi) is 6.02. The second kappa shape index (κ2) is 8.00. The number of amides is 1. The molecule has 116 valence electrons. The first-order valence-electron chi connectivity index (χ1n) is 7.52. The Labute approximate surface area is 126 Å². The van der Waals surface area contributed by atoms with Crippen molar-refractivity contribution in [2.75, 3.05) is 45.7 Å². The first-order valence-corrected chi connectivity index (χ1v) is 7.52. The summed E-state index contributed by atoms with van der Waals surface area (Å²) in [5, 5.41) is 6.15. The van der Waals surface area contributed by atoms with E-state index in [1.54, 1.807) is 7.11 Å². The number of carbonyl (C=O) groups is 1. The second-order valence-electron chi connectivity index (χ2n) is 5.53. The molecule has 0 saturated carbocycles. The minimum atomic E-state index is 0.0200. The topological polar surface area (TPSA) is 53.6 Å². The van der Waals surface area contributed by atoms with E-state index in [4.69, 9.17) is 4.74 Å². The summed E-state index contributed by atoms with van der Waals surface area (Å²) < 4.78 is 5.24. The minimum absolute atomic E-state index is 0.0200. The van der Waals surface area contributed by atoms with Crippen LogP contribution in [-0.4, -0.2) is 51.1 Å². The molecule has 1 aliphatic rings. The second-order valence-corrected chi connectivity index (χ2v) is 5.53. The van der Waals surface area contributed by atoms with Gasteiger partial charge in [-0.15, -0.1) is 0 Å². The van der Waals surface area contributed by atoms with Gasteiger partial charge >= 0.3 is 0 Å². The van der Waals surface area contributed by atoms with Crippen LogP contribution in [0.25, 0.3) is 0 Å². The number of hydrogen-bond acceptors (Lipinski definition) is 4. The fourth-order valence-corrected chi connectivity index (χ4v) is 2.78. The maximum Gasteiger partial charge on any atom is 0.238 e. The van der Waals surface area contributed by atoms with Crippen LogP contribution in [0.5, 0.6) is 5.75 Å². The maximum absolute atomic E-state index is 12.1. The standard InChI is InChI=1S/C16H25N3O2/c1-17-11-13-7-9-19(10-8-13)12-16(20)18-14-5-3-4-6-15(14)21-2/h3-6,13,17H,7-12H2,1-2H3,(H,18,20). The molecule has 1 saturated heterocycles. The highest BCUT2D eigenvalue weighted by molar-refractivity contribution is 5.93. The van der Waals surface area contributed by atoms with Crippen LogP contribution in [0.1, 0.15) is 12.8 Å². The molecule has 0 radical (unpaired) electrons. The third-order valence-corrected chi connectivity index (χ3v) is 3.95. The first-order chi connectivity index (χ1) is 10.2. The molecule has 1 aliphatic heterocycles. The number of hydrogen-bond donors (Lipinski definition) is 2. The Balaban J connectivity index is 1.80. The van der Waals surface area contributed by atoms with Crippen LogP contribution in [0.2, 0.25) is 0 Å². The van der Waals surface area contributed by atoms with Gasteiger partial charge in [-0.1, -0.05) is 12.1 Å². The quantitative estimate of drug-likeness (QED) is 0.835. The average molecular weight is 291 g/mol. The van der Waals surface area contributed by atoms with Gasteiger partial charge in [-0.3, -0.25) is 9.69 Å². The van der Waals surface area contributed by atoms with Crippen molar-refractivity contribution in [3.8, 4) is 5.75 Å². The SMILES string of the molecule is CNCC1CCN(CC(=O)Nc2ccccc2OC)CC1. The molecule has 0 aliphatic carbocycles. The zero-order chi connectivity index (χ0) is 15.1. The van der Waals surface area contributed by atoms with Gasteiger partial charge in [0.25, 0.3) is 0 Å². The van der Waals surface area contributed by atoms with Gasteiger partial charge in [0.2, 0.25) is 5.91 Å². The Morgan fingerprint density at radius 2 is 2.05 bits per heavy atom. The Hall–Kier alpha value is -1.59. The number of rotatable bonds is 6. The number of para-hydroxylation sites is 2. The Morgan fingerprint density at radius 1 is 1.33 bits per heavy atom. The van der Waals surface area contributed by atoms with Gasteiger partial charge in [-0.2, -0.15) is 0 Å². The van der Waals surface area contributed by atoms with Crippen molar-refractivity contribution >= 4 is 11.6 Å². The normalized spacial score (nSPS) is 16.7. The highest BCUT2D eigenvalue weighted by Crippen LogP contribution is 2.23. The Morgan fingerprint density at radius 3 is 2.71 bits per heavy atom. The summed E-state index contributed by atoms with van der Waals surface area (Å²) in [7, 11) is 3.60. The molecule has 5 heteroatoms. The molecule has 1 amide bonds. The lowest BCUT2D eigenvalue weighted by molar-refractivity contribution is -0.117. The summed E-state index contributed by atoms with van der Waals surface area (Å²) in [5.41, 5.74) is 0.732. The van der Waals surface area contributed by atoms with Gasteiger partial charge in [0.1, 0.15) is 5.75 Å². The molecule has 0 bridgehead atoms. The van der Waals surface area contributed by atoms with E-state index < -0.39 is 0 Å². The van der Waals surface area contributed by atoms with E-state index in [0.29, 0.717) is 12.3 Å². The predicted molar refractivity (Wildman–Crippen MR) is 84.7 cm³/mol. The molecule has 1 aromatic carbocycles. The van der Waals surface area contributed by atoms with Crippen LogP contribution < -0.4 is 15.4 Å². The molecule has 0 spiro atoms. The van der Waals surface area contributed by atoms with E-state index in [9.17, 15) is 4.79 Å². The number of likely N-dealkylation sites (tertiary alicyclic amines) is 1. The van der Waals surface area contributed by atoms with Gasteiger partial charge in [-0.25, -0.2) is 0 Å². The van der Waals surface area contributed by atoms with Crippen LogP contribution in [0.15, 0.2) is 24.3 Å². The lowest BCUT2D eigenvalue weighted by Crippen LogP contribution is -2.40. The summed E-state index contributed by atoms with van der Waals surface area (Å²) in [6, 6.07) is 7.48. The number of ether oxygens (including phenoxy) is 1. The average Bonchev–Trinajstić information content (AvgIpc) is 2.50. The van der Waals surface area contributed by atoms with E-state index in [0.717, 1.165) is 44.1 Å². The van der Waals surface area contributed by atoms with Crippen molar-refractivity contribution in [3.05, 3.63) is 24.3 Å². The number of methoxy groups -OCH3 is 1. The number of piperidine rings is 1. The third-order valence-electron chi connectivity index (χ3n) is 3.95. The summed E-state index contributed by atoms with van der Waals surface area (Å²) in [5.74, 6) is 1.45. The summed E-state index contributed by atoms with van der Waals surface area (Å²) in [6.07, 6.45) is 2.31. The highest BCUT2D eigenvalue weighted by atomic mass is 16.5. The zero-order valence-corrected chi connectivity index (χ0v) is 12.9. The van der Waals surface area contributed by atoms with Gasteiger partial charge < -0.3 is 15.4 Å². The number of nitrogens with one attached hydrogen (secondary N) is 2. The largest absolute Gasteiger partial charge is 0.495 e. The smallest absolute Gasteiger partial charge is 0.238 e. The van der Waals surface area contributed by atoms with Crippen LogP contribution >= 0.6 is 0 Å². The molecule has 2 rings (SSSR count).